The Bertz CT molecular complexity index is 378. The van der Waals surface area contributed by atoms with E-state index in [2.05, 4.69) is 6.07 Å². The van der Waals surface area contributed by atoms with E-state index < -0.39 is 0 Å². The molecule has 1 heterocycles. The fourth-order valence-electron chi connectivity index (χ4n) is 2.31. The van der Waals surface area contributed by atoms with Crippen LogP contribution in [0.3, 0.4) is 0 Å². The molecule has 1 N–H and O–H groups in total. The van der Waals surface area contributed by atoms with Crippen LogP contribution in [0.15, 0.2) is 18.2 Å². The van der Waals surface area contributed by atoms with Crippen LogP contribution < -0.4 is 4.74 Å². The summed E-state index contributed by atoms with van der Waals surface area (Å²) in [5.41, 5.74) is 2.36. The van der Waals surface area contributed by atoms with Crippen LogP contribution in [0.25, 0.3) is 0 Å². The van der Waals surface area contributed by atoms with Gasteiger partial charge in [0.1, 0.15) is 11.9 Å². The van der Waals surface area contributed by atoms with Crippen LogP contribution in [0.4, 0.5) is 0 Å². The number of ether oxygens (including phenoxy) is 3. The molecule has 4 heteroatoms. The lowest BCUT2D eigenvalue weighted by molar-refractivity contribution is -0.0238. The van der Waals surface area contributed by atoms with Crippen molar-refractivity contribution in [3.63, 3.8) is 0 Å². The molecule has 0 spiro atoms. The number of fused-ring (bicyclic) bond motifs is 1. The van der Waals surface area contributed by atoms with Gasteiger partial charge in [-0.1, -0.05) is 12.1 Å². The molecule has 1 atom stereocenters. The third kappa shape index (κ3) is 3.02. The van der Waals surface area contributed by atoms with E-state index >= 15 is 0 Å². The molecule has 1 aliphatic rings. The Kier molecular flexibility index (Phi) is 4.99. The molecule has 2 rings (SSSR count). The Morgan fingerprint density at radius 2 is 2.33 bits per heavy atom. The largest absolute Gasteiger partial charge is 0.496 e. The first-order chi connectivity index (χ1) is 8.86. The van der Waals surface area contributed by atoms with Crippen molar-refractivity contribution in [2.45, 2.75) is 18.9 Å². The van der Waals surface area contributed by atoms with Gasteiger partial charge in [0.2, 0.25) is 0 Å². The molecule has 0 saturated carbocycles. The zero-order valence-corrected chi connectivity index (χ0v) is 10.7. The first kappa shape index (κ1) is 13.3. The number of rotatable bonds is 5. The number of aliphatic hydroxyl groups excluding tert-OH is 1. The number of benzene rings is 1. The van der Waals surface area contributed by atoms with E-state index in [0.29, 0.717) is 13.2 Å². The first-order valence-electron chi connectivity index (χ1n) is 6.32. The number of hydrogen-bond donors (Lipinski definition) is 1. The minimum absolute atomic E-state index is 0.0332. The summed E-state index contributed by atoms with van der Waals surface area (Å²) in [6.45, 7) is 1.55. The van der Waals surface area contributed by atoms with Crippen molar-refractivity contribution in [3.05, 3.63) is 29.3 Å². The van der Waals surface area contributed by atoms with E-state index in [9.17, 15) is 0 Å². The predicted octanol–water partition coefficient (Wildman–Crippen LogP) is 1.71. The van der Waals surface area contributed by atoms with Gasteiger partial charge < -0.3 is 19.3 Å². The highest BCUT2D eigenvalue weighted by Crippen LogP contribution is 2.34. The number of aliphatic hydroxyl groups is 1. The second kappa shape index (κ2) is 6.73. The number of methoxy groups -OCH3 is 1. The Balaban J connectivity index is 2.21. The molecule has 0 radical (unpaired) electrons. The van der Waals surface area contributed by atoms with Gasteiger partial charge in [-0.25, -0.2) is 0 Å². The van der Waals surface area contributed by atoms with Crippen LogP contribution in [0.1, 0.15) is 23.7 Å². The van der Waals surface area contributed by atoms with Crippen LogP contribution in [-0.4, -0.2) is 38.6 Å². The highest BCUT2D eigenvalue weighted by molar-refractivity contribution is 5.42. The van der Waals surface area contributed by atoms with Crippen molar-refractivity contribution in [2.24, 2.45) is 0 Å². The summed E-state index contributed by atoms with van der Waals surface area (Å²) in [7, 11) is 1.67. The topological polar surface area (TPSA) is 47.9 Å². The Hall–Kier alpha value is -1.10. The molecule has 0 aliphatic carbocycles. The molecule has 0 bridgehead atoms. The van der Waals surface area contributed by atoms with E-state index in [1.807, 2.05) is 12.1 Å². The quantitative estimate of drug-likeness (QED) is 0.810. The van der Waals surface area contributed by atoms with Gasteiger partial charge >= 0.3 is 0 Å². The maximum atomic E-state index is 8.76. The van der Waals surface area contributed by atoms with Crippen molar-refractivity contribution < 1.29 is 19.3 Å². The zero-order valence-electron chi connectivity index (χ0n) is 10.7. The van der Waals surface area contributed by atoms with Gasteiger partial charge in [0.25, 0.3) is 0 Å². The van der Waals surface area contributed by atoms with Gasteiger partial charge in [0, 0.05) is 12.2 Å². The lowest BCUT2D eigenvalue weighted by Crippen LogP contribution is -2.14. The van der Waals surface area contributed by atoms with E-state index in [0.717, 1.165) is 30.8 Å². The predicted molar refractivity (Wildman–Crippen MR) is 67.9 cm³/mol. The lowest BCUT2D eigenvalue weighted by Gasteiger charge is -2.20. The van der Waals surface area contributed by atoms with Gasteiger partial charge in [0.15, 0.2) is 0 Å². The Labute approximate surface area is 107 Å². The van der Waals surface area contributed by atoms with Crippen molar-refractivity contribution in [1.82, 2.24) is 0 Å². The molecule has 100 valence electrons. The molecule has 1 aromatic carbocycles. The minimum atomic E-state index is -0.106. The van der Waals surface area contributed by atoms with E-state index in [4.69, 9.17) is 19.3 Å². The molecule has 0 aromatic heterocycles. The lowest BCUT2D eigenvalue weighted by atomic mass is 9.99. The van der Waals surface area contributed by atoms with Gasteiger partial charge in [-0.2, -0.15) is 0 Å². The van der Waals surface area contributed by atoms with E-state index in [-0.39, 0.29) is 12.7 Å². The summed E-state index contributed by atoms with van der Waals surface area (Å²) in [6.07, 6.45) is 1.91. The molecular formula is C14H20O4. The molecule has 0 saturated heterocycles. The smallest absolute Gasteiger partial charge is 0.125 e. The summed E-state index contributed by atoms with van der Waals surface area (Å²) in [5.74, 6) is 0.854. The summed E-state index contributed by atoms with van der Waals surface area (Å²) in [5, 5.41) is 8.76. The highest BCUT2D eigenvalue weighted by atomic mass is 16.5. The first-order valence-corrected chi connectivity index (χ1v) is 6.32. The third-order valence-electron chi connectivity index (χ3n) is 3.11. The van der Waals surface area contributed by atoms with Crippen LogP contribution >= 0.6 is 0 Å². The van der Waals surface area contributed by atoms with Gasteiger partial charge in [0.05, 0.1) is 26.9 Å². The maximum Gasteiger partial charge on any atom is 0.125 e. The second-order valence-electron chi connectivity index (χ2n) is 4.29. The Morgan fingerprint density at radius 3 is 3.11 bits per heavy atom. The average Bonchev–Trinajstić information content (AvgIpc) is 2.61. The van der Waals surface area contributed by atoms with Crippen LogP contribution in [0.2, 0.25) is 0 Å². The number of aryl methyl sites for hydroxylation is 1. The zero-order chi connectivity index (χ0) is 12.8. The highest BCUT2D eigenvalue weighted by Gasteiger charge is 2.23. The summed E-state index contributed by atoms with van der Waals surface area (Å²) < 4.78 is 16.7. The maximum absolute atomic E-state index is 8.76. The molecule has 0 amide bonds. The van der Waals surface area contributed by atoms with Crippen LogP contribution in [-0.2, 0) is 15.9 Å². The van der Waals surface area contributed by atoms with Crippen LogP contribution in [0, 0.1) is 0 Å². The van der Waals surface area contributed by atoms with Crippen molar-refractivity contribution in [2.75, 3.05) is 33.5 Å². The van der Waals surface area contributed by atoms with Gasteiger partial charge in [-0.3, -0.25) is 0 Å². The fraction of sp³-hybridized carbons (Fsp3) is 0.571. The van der Waals surface area contributed by atoms with Gasteiger partial charge in [-0.05, 0) is 24.5 Å². The monoisotopic (exact) mass is 252 g/mol. The van der Waals surface area contributed by atoms with Crippen molar-refractivity contribution >= 4 is 0 Å². The molecular weight excluding hydrogens is 232 g/mol. The molecule has 1 aromatic rings. The number of hydrogen-bond acceptors (Lipinski definition) is 4. The summed E-state index contributed by atoms with van der Waals surface area (Å²) >= 11 is 0. The second-order valence-corrected chi connectivity index (χ2v) is 4.29. The average molecular weight is 252 g/mol. The molecule has 0 fully saturated rings. The minimum Gasteiger partial charge on any atom is -0.496 e. The third-order valence-corrected chi connectivity index (χ3v) is 3.11. The Morgan fingerprint density at radius 1 is 1.44 bits per heavy atom. The van der Waals surface area contributed by atoms with Crippen molar-refractivity contribution in [3.8, 4) is 5.75 Å². The van der Waals surface area contributed by atoms with Crippen LogP contribution in [0.5, 0.6) is 5.75 Å². The van der Waals surface area contributed by atoms with E-state index in [1.54, 1.807) is 7.11 Å². The summed E-state index contributed by atoms with van der Waals surface area (Å²) in [6, 6.07) is 6.08. The van der Waals surface area contributed by atoms with Crippen molar-refractivity contribution in [1.29, 1.82) is 0 Å². The standard InChI is InChI=1S/C14H20O4/c1-16-12-6-2-4-11-5-3-8-18-13(14(11)12)10-17-9-7-15/h2,4,6,13,15H,3,5,7-10H2,1H3. The normalized spacial score (nSPS) is 19.1. The molecule has 4 nitrogen and oxygen atoms in total. The van der Waals surface area contributed by atoms with E-state index in [1.165, 1.54) is 5.56 Å². The van der Waals surface area contributed by atoms with Gasteiger partial charge in [-0.15, -0.1) is 0 Å². The summed E-state index contributed by atoms with van der Waals surface area (Å²) in [4.78, 5) is 0. The molecule has 1 aliphatic heterocycles. The molecule has 18 heavy (non-hydrogen) atoms. The SMILES string of the molecule is COc1cccc2c1C(COCCO)OCCC2. The fourth-order valence-corrected chi connectivity index (χ4v) is 2.31. The molecule has 1 unspecified atom stereocenters.